The van der Waals surface area contributed by atoms with E-state index in [4.69, 9.17) is 5.73 Å². The summed E-state index contributed by atoms with van der Waals surface area (Å²) in [4.78, 5) is 16.1. The van der Waals surface area contributed by atoms with Crippen molar-refractivity contribution < 1.29 is 4.79 Å². The zero-order valence-corrected chi connectivity index (χ0v) is 11.6. The van der Waals surface area contributed by atoms with Crippen LogP contribution in [0.15, 0.2) is 18.5 Å². The number of hydrogen-bond acceptors (Lipinski definition) is 3. The van der Waals surface area contributed by atoms with Crippen molar-refractivity contribution in [3.63, 3.8) is 0 Å². The minimum atomic E-state index is -0.0301. The summed E-state index contributed by atoms with van der Waals surface area (Å²) in [6.07, 6.45) is 8.26. The van der Waals surface area contributed by atoms with Crippen LogP contribution in [-0.2, 0) is 0 Å². The molecule has 3 N–H and O–H groups in total. The zero-order chi connectivity index (χ0) is 13.7. The maximum absolute atomic E-state index is 12.1. The van der Waals surface area contributed by atoms with E-state index in [9.17, 15) is 4.79 Å². The van der Waals surface area contributed by atoms with Gasteiger partial charge in [0.05, 0.1) is 5.56 Å². The van der Waals surface area contributed by atoms with Crippen molar-refractivity contribution in [2.45, 2.75) is 32.6 Å². The van der Waals surface area contributed by atoms with E-state index >= 15 is 0 Å². The SMILES string of the molecule is Cc1cncc(C(=O)NCC2CCCCC2CN)c1. The third-order valence-corrected chi connectivity index (χ3v) is 4.03. The van der Waals surface area contributed by atoms with Crippen molar-refractivity contribution >= 4 is 5.91 Å². The topological polar surface area (TPSA) is 68.0 Å². The molecule has 19 heavy (non-hydrogen) atoms. The highest BCUT2D eigenvalue weighted by Gasteiger charge is 2.24. The van der Waals surface area contributed by atoms with Crippen LogP contribution in [0.4, 0.5) is 0 Å². The summed E-state index contributed by atoms with van der Waals surface area (Å²) in [5, 5.41) is 3.03. The van der Waals surface area contributed by atoms with Gasteiger partial charge < -0.3 is 11.1 Å². The molecule has 1 aromatic rings. The summed E-state index contributed by atoms with van der Waals surface area (Å²) >= 11 is 0. The molecule has 1 heterocycles. The van der Waals surface area contributed by atoms with Crippen LogP contribution >= 0.6 is 0 Å². The molecule has 4 nitrogen and oxygen atoms in total. The Bertz CT molecular complexity index is 433. The lowest BCUT2D eigenvalue weighted by Gasteiger charge is -2.30. The molecule has 0 bridgehead atoms. The monoisotopic (exact) mass is 261 g/mol. The van der Waals surface area contributed by atoms with Gasteiger partial charge in [0.25, 0.3) is 5.91 Å². The van der Waals surface area contributed by atoms with Gasteiger partial charge in [-0.05, 0) is 49.8 Å². The Labute approximate surface area is 114 Å². The average Bonchev–Trinajstić information content (AvgIpc) is 2.45. The number of amides is 1. The van der Waals surface area contributed by atoms with Crippen LogP contribution < -0.4 is 11.1 Å². The highest BCUT2D eigenvalue weighted by Crippen LogP contribution is 2.28. The summed E-state index contributed by atoms with van der Waals surface area (Å²) < 4.78 is 0. The summed E-state index contributed by atoms with van der Waals surface area (Å²) in [6.45, 7) is 3.40. The van der Waals surface area contributed by atoms with Gasteiger partial charge in [-0.25, -0.2) is 0 Å². The quantitative estimate of drug-likeness (QED) is 0.869. The second-order valence-corrected chi connectivity index (χ2v) is 5.50. The van der Waals surface area contributed by atoms with Crippen LogP contribution in [-0.4, -0.2) is 24.0 Å². The Morgan fingerprint density at radius 1 is 1.37 bits per heavy atom. The number of carbonyl (C=O) groups excluding carboxylic acids is 1. The van der Waals surface area contributed by atoms with Crippen LogP contribution in [0, 0.1) is 18.8 Å². The molecule has 1 aliphatic rings. The maximum Gasteiger partial charge on any atom is 0.252 e. The van der Waals surface area contributed by atoms with Crippen molar-refractivity contribution in [3.8, 4) is 0 Å². The summed E-state index contributed by atoms with van der Waals surface area (Å²) in [6, 6.07) is 1.86. The van der Waals surface area contributed by atoms with Gasteiger partial charge in [-0.2, -0.15) is 0 Å². The summed E-state index contributed by atoms with van der Waals surface area (Å²) in [5.41, 5.74) is 7.45. The molecular weight excluding hydrogens is 238 g/mol. The largest absolute Gasteiger partial charge is 0.352 e. The molecule has 1 fully saturated rings. The van der Waals surface area contributed by atoms with Gasteiger partial charge in [0, 0.05) is 18.9 Å². The molecular formula is C15H23N3O. The summed E-state index contributed by atoms with van der Waals surface area (Å²) in [5.74, 6) is 1.06. The number of aromatic nitrogens is 1. The Balaban J connectivity index is 1.89. The molecule has 1 saturated carbocycles. The molecule has 1 aromatic heterocycles. The predicted molar refractivity (Wildman–Crippen MR) is 75.8 cm³/mol. The molecule has 0 saturated heterocycles. The standard InChI is InChI=1S/C15H23N3O/c1-11-6-14(9-17-8-11)15(19)18-10-13-5-3-2-4-12(13)7-16/h6,8-9,12-13H,2-5,7,10,16H2,1H3,(H,18,19). The Morgan fingerprint density at radius 2 is 2.11 bits per heavy atom. The highest BCUT2D eigenvalue weighted by atomic mass is 16.1. The number of nitrogens with one attached hydrogen (secondary N) is 1. The molecule has 2 atom stereocenters. The van der Waals surface area contributed by atoms with E-state index in [0.717, 1.165) is 18.7 Å². The van der Waals surface area contributed by atoms with Crippen molar-refractivity contribution in [2.24, 2.45) is 17.6 Å². The number of nitrogens with two attached hydrogens (primary N) is 1. The minimum absolute atomic E-state index is 0.0301. The van der Waals surface area contributed by atoms with Crippen LogP contribution in [0.5, 0.6) is 0 Å². The smallest absolute Gasteiger partial charge is 0.252 e. The number of aryl methyl sites for hydroxylation is 1. The van der Waals surface area contributed by atoms with Crippen molar-refractivity contribution in [2.75, 3.05) is 13.1 Å². The number of pyridine rings is 1. The third-order valence-electron chi connectivity index (χ3n) is 4.03. The molecule has 1 amide bonds. The van der Waals surface area contributed by atoms with Crippen molar-refractivity contribution in [1.29, 1.82) is 0 Å². The molecule has 2 rings (SSSR count). The fourth-order valence-corrected chi connectivity index (χ4v) is 2.87. The Morgan fingerprint density at radius 3 is 2.79 bits per heavy atom. The predicted octanol–water partition coefficient (Wildman–Crippen LogP) is 1.88. The molecule has 4 heteroatoms. The Hall–Kier alpha value is -1.42. The van der Waals surface area contributed by atoms with E-state index in [1.807, 2.05) is 13.0 Å². The molecule has 104 valence electrons. The van der Waals surface area contributed by atoms with E-state index in [1.54, 1.807) is 12.4 Å². The first-order valence-electron chi connectivity index (χ1n) is 7.10. The second kappa shape index (κ2) is 6.66. The van der Waals surface area contributed by atoms with Crippen LogP contribution in [0.1, 0.15) is 41.6 Å². The van der Waals surface area contributed by atoms with E-state index in [-0.39, 0.29) is 5.91 Å². The zero-order valence-electron chi connectivity index (χ0n) is 11.6. The number of carbonyl (C=O) groups is 1. The maximum atomic E-state index is 12.1. The van der Waals surface area contributed by atoms with E-state index in [1.165, 1.54) is 25.7 Å². The number of hydrogen-bond donors (Lipinski definition) is 2. The first kappa shape index (κ1) is 14.0. The van der Waals surface area contributed by atoms with Crippen LogP contribution in [0.3, 0.4) is 0 Å². The van der Waals surface area contributed by atoms with Gasteiger partial charge in [0.1, 0.15) is 0 Å². The van der Waals surface area contributed by atoms with Crippen molar-refractivity contribution in [3.05, 3.63) is 29.6 Å². The normalized spacial score (nSPS) is 23.1. The minimum Gasteiger partial charge on any atom is -0.352 e. The van der Waals surface area contributed by atoms with Gasteiger partial charge in [-0.15, -0.1) is 0 Å². The lowest BCUT2D eigenvalue weighted by atomic mass is 9.79. The number of nitrogens with zero attached hydrogens (tertiary/aromatic N) is 1. The molecule has 0 aromatic carbocycles. The third kappa shape index (κ3) is 3.77. The van der Waals surface area contributed by atoms with Crippen LogP contribution in [0.25, 0.3) is 0 Å². The lowest BCUT2D eigenvalue weighted by Crippen LogP contribution is -2.37. The molecule has 0 spiro atoms. The molecule has 0 aliphatic heterocycles. The van der Waals surface area contributed by atoms with E-state index in [2.05, 4.69) is 10.3 Å². The molecule has 2 unspecified atom stereocenters. The first-order chi connectivity index (χ1) is 9.20. The van der Waals surface area contributed by atoms with Crippen LogP contribution in [0.2, 0.25) is 0 Å². The first-order valence-corrected chi connectivity index (χ1v) is 7.10. The molecule has 1 aliphatic carbocycles. The highest BCUT2D eigenvalue weighted by molar-refractivity contribution is 5.93. The van der Waals surface area contributed by atoms with Gasteiger partial charge >= 0.3 is 0 Å². The average molecular weight is 261 g/mol. The van der Waals surface area contributed by atoms with Gasteiger partial charge in [-0.3, -0.25) is 9.78 Å². The lowest BCUT2D eigenvalue weighted by molar-refractivity contribution is 0.0934. The van der Waals surface area contributed by atoms with Gasteiger partial charge in [0.15, 0.2) is 0 Å². The molecule has 0 radical (unpaired) electrons. The fourth-order valence-electron chi connectivity index (χ4n) is 2.87. The van der Waals surface area contributed by atoms with Gasteiger partial charge in [0.2, 0.25) is 0 Å². The second-order valence-electron chi connectivity index (χ2n) is 5.50. The van der Waals surface area contributed by atoms with E-state index < -0.39 is 0 Å². The summed E-state index contributed by atoms with van der Waals surface area (Å²) in [7, 11) is 0. The number of rotatable bonds is 4. The van der Waals surface area contributed by atoms with E-state index in [0.29, 0.717) is 17.4 Å². The Kier molecular flexibility index (Phi) is 4.91. The van der Waals surface area contributed by atoms with Crippen molar-refractivity contribution in [1.82, 2.24) is 10.3 Å². The fraction of sp³-hybridized carbons (Fsp3) is 0.600. The van der Waals surface area contributed by atoms with Gasteiger partial charge in [-0.1, -0.05) is 12.8 Å².